The molecule has 2 aromatic rings. The first-order valence-corrected chi connectivity index (χ1v) is 7.36. The minimum Gasteiger partial charge on any atom is -0.493 e. The lowest BCUT2D eigenvalue weighted by Crippen LogP contribution is -2.21. The van der Waals surface area contributed by atoms with Crippen LogP contribution in [0.15, 0.2) is 36.4 Å². The summed E-state index contributed by atoms with van der Waals surface area (Å²) in [4.78, 5) is 12.1. The largest absolute Gasteiger partial charge is 0.493 e. The van der Waals surface area contributed by atoms with E-state index < -0.39 is 0 Å². The first kappa shape index (κ1) is 16.7. The van der Waals surface area contributed by atoms with E-state index in [0.29, 0.717) is 11.5 Å². The zero-order valence-corrected chi connectivity index (χ0v) is 13.9. The Morgan fingerprint density at radius 2 is 1.57 bits per heavy atom. The topological polar surface area (TPSA) is 59.6 Å². The Morgan fingerprint density at radius 3 is 2.17 bits per heavy atom. The van der Waals surface area contributed by atoms with Crippen molar-refractivity contribution in [2.75, 3.05) is 31.4 Å². The first-order valence-electron chi connectivity index (χ1n) is 7.36. The molecule has 2 N–H and O–H groups in total. The van der Waals surface area contributed by atoms with Crippen molar-refractivity contribution in [3.8, 4) is 11.5 Å². The summed E-state index contributed by atoms with van der Waals surface area (Å²) in [6.07, 6.45) is 0. The third kappa shape index (κ3) is 4.64. The van der Waals surface area contributed by atoms with Crippen LogP contribution in [0, 0.1) is 13.8 Å². The monoisotopic (exact) mass is 314 g/mol. The van der Waals surface area contributed by atoms with Crippen LogP contribution in [-0.4, -0.2) is 26.7 Å². The second-order valence-corrected chi connectivity index (χ2v) is 5.35. The van der Waals surface area contributed by atoms with Crippen molar-refractivity contribution in [3.63, 3.8) is 0 Å². The standard InChI is InChI=1S/C18H22N2O3/c1-12-7-13(2)9-15(8-12)20-18(21)11-19-14-5-6-16(22-3)17(10-14)23-4/h5-10,19H,11H2,1-4H3,(H,20,21). The number of hydrogen-bond acceptors (Lipinski definition) is 4. The molecule has 0 radical (unpaired) electrons. The van der Waals surface area contributed by atoms with E-state index in [0.717, 1.165) is 22.5 Å². The Kier molecular flexibility index (Phi) is 5.46. The van der Waals surface area contributed by atoms with Crippen molar-refractivity contribution >= 4 is 17.3 Å². The highest BCUT2D eigenvalue weighted by Crippen LogP contribution is 2.29. The maximum atomic E-state index is 12.1. The van der Waals surface area contributed by atoms with Gasteiger partial charge in [0, 0.05) is 17.4 Å². The quantitative estimate of drug-likeness (QED) is 0.858. The van der Waals surface area contributed by atoms with Crippen LogP contribution in [0.25, 0.3) is 0 Å². The van der Waals surface area contributed by atoms with Gasteiger partial charge in [0.1, 0.15) is 0 Å². The third-order valence-electron chi connectivity index (χ3n) is 3.34. The Bertz CT molecular complexity index is 678. The number of ether oxygens (including phenoxy) is 2. The molecule has 0 unspecified atom stereocenters. The number of amides is 1. The highest BCUT2D eigenvalue weighted by molar-refractivity contribution is 5.93. The van der Waals surface area contributed by atoms with Gasteiger partial charge in [-0.25, -0.2) is 0 Å². The lowest BCUT2D eigenvalue weighted by atomic mass is 10.1. The van der Waals surface area contributed by atoms with Gasteiger partial charge >= 0.3 is 0 Å². The van der Waals surface area contributed by atoms with E-state index in [1.165, 1.54) is 0 Å². The third-order valence-corrected chi connectivity index (χ3v) is 3.34. The van der Waals surface area contributed by atoms with Gasteiger partial charge in [0.05, 0.1) is 20.8 Å². The molecule has 5 nitrogen and oxygen atoms in total. The number of aryl methyl sites for hydroxylation is 2. The van der Waals surface area contributed by atoms with Crippen molar-refractivity contribution in [3.05, 3.63) is 47.5 Å². The van der Waals surface area contributed by atoms with Gasteiger partial charge in [-0.2, -0.15) is 0 Å². The van der Waals surface area contributed by atoms with Crippen molar-refractivity contribution in [1.29, 1.82) is 0 Å². The van der Waals surface area contributed by atoms with Crippen molar-refractivity contribution in [2.45, 2.75) is 13.8 Å². The fourth-order valence-corrected chi connectivity index (χ4v) is 2.38. The summed E-state index contributed by atoms with van der Waals surface area (Å²) in [7, 11) is 3.16. The maximum absolute atomic E-state index is 12.1. The number of carbonyl (C=O) groups is 1. The van der Waals surface area contributed by atoms with Gasteiger partial charge in [-0.15, -0.1) is 0 Å². The molecule has 23 heavy (non-hydrogen) atoms. The predicted octanol–water partition coefficient (Wildman–Crippen LogP) is 3.37. The highest BCUT2D eigenvalue weighted by atomic mass is 16.5. The number of benzene rings is 2. The summed E-state index contributed by atoms with van der Waals surface area (Å²) in [5.74, 6) is 1.16. The molecular weight excluding hydrogens is 292 g/mol. The molecule has 122 valence electrons. The molecular formula is C18H22N2O3. The van der Waals surface area contributed by atoms with Crippen LogP contribution in [0.3, 0.4) is 0 Å². The number of anilines is 2. The summed E-state index contributed by atoms with van der Waals surface area (Å²) in [5, 5.41) is 5.96. The molecule has 0 saturated carbocycles. The molecule has 0 spiro atoms. The number of methoxy groups -OCH3 is 2. The summed E-state index contributed by atoms with van der Waals surface area (Å²) in [6.45, 7) is 4.18. The maximum Gasteiger partial charge on any atom is 0.243 e. The molecule has 1 amide bonds. The average molecular weight is 314 g/mol. The van der Waals surface area contributed by atoms with E-state index in [2.05, 4.69) is 16.7 Å². The van der Waals surface area contributed by atoms with Gasteiger partial charge in [0.25, 0.3) is 0 Å². The number of nitrogens with one attached hydrogen (secondary N) is 2. The zero-order valence-electron chi connectivity index (χ0n) is 13.9. The fourth-order valence-electron chi connectivity index (χ4n) is 2.38. The minimum atomic E-state index is -0.107. The van der Waals surface area contributed by atoms with Crippen LogP contribution >= 0.6 is 0 Å². The average Bonchev–Trinajstić information content (AvgIpc) is 2.51. The van der Waals surface area contributed by atoms with Crippen LogP contribution in [0.2, 0.25) is 0 Å². The van der Waals surface area contributed by atoms with E-state index >= 15 is 0 Å². The molecule has 0 aromatic heterocycles. The van der Waals surface area contributed by atoms with Crippen LogP contribution in [-0.2, 0) is 4.79 Å². The second kappa shape index (κ2) is 7.54. The first-order chi connectivity index (χ1) is 11.0. The summed E-state index contributed by atoms with van der Waals surface area (Å²) >= 11 is 0. The van der Waals surface area contributed by atoms with Crippen LogP contribution in [0.1, 0.15) is 11.1 Å². The van der Waals surface area contributed by atoms with Crippen LogP contribution < -0.4 is 20.1 Å². The van der Waals surface area contributed by atoms with Crippen molar-refractivity contribution < 1.29 is 14.3 Å². The Hall–Kier alpha value is -2.69. The Morgan fingerprint density at radius 1 is 0.913 bits per heavy atom. The van der Waals surface area contributed by atoms with Gasteiger partial charge in [0.2, 0.25) is 5.91 Å². The van der Waals surface area contributed by atoms with Gasteiger partial charge in [0.15, 0.2) is 11.5 Å². The van der Waals surface area contributed by atoms with E-state index in [4.69, 9.17) is 9.47 Å². The van der Waals surface area contributed by atoms with E-state index in [1.54, 1.807) is 26.4 Å². The predicted molar refractivity (Wildman–Crippen MR) is 92.6 cm³/mol. The van der Waals surface area contributed by atoms with Gasteiger partial charge in [-0.1, -0.05) is 6.07 Å². The molecule has 0 aliphatic heterocycles. The lowest BCUT2D eigenvalue weighted by Gasteiger charge is -2.12. The summed E-state index contributed by atoms with van der Waals surface area (Å²) in [6, 6.07) is 11.4. The molecule has 5 heteroatoms. The molecule has 0 aliphatic carbocycles. The summed E-state index contributed by atoms with van der Waals surface area (Å²) < 4.78 is 10.4. The van der Waals surface area contributed by atoms with E-state index in [9.17, 15) is 4.79 Å². The molecule has 0 saturated heterocycles. The molecule has 0 bridgehead atoms. The highest BCUT2D eigenvalue weighted by Gasteiger charge is 2.07. The molecule has 2 rings (SSSR count). The Balaban J connectivity index is 1.96. The molecule has 0 heterocycles. The van der Waals surface area contributed by atoms with E-state index in [-0.39, 0.29) is 12.5 Å². The molecule has 0 atom stereocenters. The number of rotatable bonds is 6. The SMILES string of the molecule is COc1ccc(NCC(=O)Nc2cc(C)cc(C)c2)cc1OC. The van der Waals surface area contributed by atoms with Gasteiger partial charge in [-0.3, -0.25) is 4.79 Å². The molecule has 0 aliphatic rings. The smallest absolute Gasteiger partial charge is 0.243 e. The summed E-state index contributed by atoms with van der Waals surface area (Å²) in [5.41, 5.74) is 3.83. The normalized spacial score (nSPS) is 10.1. The van der Waals surface area contributed by atoms with Gasteiger partial charge in [-0.05, 0) is 49.2 Å². The molecule has 0 fully saturated rings. The van der Waals surface area contributed by atoms with Crippen LogP contribution in [0.4, 0.5) is 11.4 Å². The fraction of sp³-hybridized carbons (Fsp3) is 0.278. The van der Waals surface area contributed by atoms with Crippen molar-refractivity contribution in [1.82, 2.24) is 0 Å². The second-order valence-electron chi connectivity index (χ2n) is 5.35. The number of hydrogen-bond donors (Lipinski definition) is 2. The van der Waals surface area contributed by atoms with Crippen LogP contribution in [0.5, 0.6) is 11.5 Å². The van der Waals surface area contributed by atoms with Crippen molar-refractivity contribution in [2.24, 2.45) is 0 Å². The van der Waals surface area contributed by atoms with Gasteiger partial charge < -0.3 is 20.1 Å². The molecule has 2 aromatic carbocycles. The lowest BCUT2D eigenvalue weighted by molar-refractivity contribution is -0.114. The Labute approximate surface area is 136 Å². The number of carbonyl (C=O) groups excluding carboxylic acids is 1. The van der Waals surface area contributed by atoms with E-state index in [1.807, 2.05) is 32.0 Å². The zero-order chi connectivity index (χ0) is 16.8. The minimum absolute atomic E-state index is 0.107.